The number of H-pyrrole nitrogens is 1. The summed E-state index contributed by atoms with van der Waals surface area (Å²) in [7, 11) is 1.79. The molecule has 5 nitrogen and oxygen atoms in total. The Hall–Kier alpha value is -1.36. The second kappa shape index (κ2) is 6.19. The summed E-state index contributed by atoms with van der Waals surface area (Å²) < 4.78 is 0. The summed E-state index contributed by atoms with van der Waals surface area (Å²) in [4.78, 5) is 20.3. The third-order valence-electron chi connectivity index (χ3n) is 2.21. The minimum Gasteiger partial charge on any atom is -0.347 e. The van der Waals surface area contributed by atoms with E-state index < -0.39 is 0 Å². The molecule has 0 unspecified atom stereocenters. The van der Waals surface area contributed by atoms with Crippen molar-refractivity contribution in [1.82, 2.24) is 14.9 Å². The maximum Gasteiger partial charge on any atom is 0.222 e. The molecule has 0 aliphatic carbocycles. The van der Waals surface area contributed by atoms with Crippen molar-refractivity contribution in [2.75, 3.05) is 13.6 Å². The Morgan fingerprint density at radius 2 is 2.40 bits per heavy atom. The number of hydrogen-bond donors (Lipinski definition) is 2. The summed E-state index contributed by atoms with van der Waals surface area (Å²) in [6, 6.07) is 0. The van der Waals surface area contributed by atoms with Gasteiger partial charge in [0, 0.05) is 25.9 Å². The number of hydrogen-bond acceptors (Lipinski definition) is 3. The number of carbonyl (C=O) groups excluding carboxylic acids is 1. The van der Waals surface area contributed by atoms with E-state index in [4.69, 9.17) is 5.73 Å². The first-order chi connectivity index (χ1) is 7.24. The van der Waals surface area contributed by atoms with E-state index >= 15 is 0 Å². The van der Waals surface area contributed by atoms with Crippen LogP contribution in [0.3, 0.4) is 0 Å². The number of rotatable bonds is 6. The minimum absolute atomic E-state index is 0.139. The van der Waals surface area contributed by atoms with Crippen molar-refractivity contribution in [3.8, 4) is 0 Å². The van der Waals surface area contributed by atoms with Crippen molar-refractivity contribution in [2.45, 2.75) is 25.8 Å². The molecular formula is C10H18N4O. The maximum atomic E-state index is 11.6. The zero-order valence-electron chi connectivity index (χ0n) is 9.07. The monoisotopic (exact) mass is 210 g/mol. The highest BCUT2D eigenvalue weighted by Crippen LogP contribution is 2.02. The molecule has 0 aliphatic heterocycles. The third kappa shape index (κ3) is 4.12. The molecule has 1 heterocycles. The van der Waals surface area contributed by atoms with Crippen molar-refractivity contribution in [1.29, 1.82) is 0 Å². The van der Waals surface area contributed by atoms with Crippen LogP contribution in [0, 0.1) is 0 Å². The van der Waals surface area contributed by atoms with Crippen LogP contribution in [0.1, 0.15) is 25.1 Å². The lowest BCUT2D eigenvalue weighted by molar-refractivity contribution is -0.130. The van der Waals surface area contributed by atoms with Crippen molar-refractivity contribution in [2.24, 2.45) is 5.73 Å². The number of carbonyl (C=O) groups is 1. The molecule has 1 aromatic rings. The first-order valence-corrected chi connectivity index (χ1v) is 5.16. The zero-order valence-corrected chi connectivity index (χ0v) is 9.07. The molecule has 0 radical (unpaired) electrons. The van der Waals surface area contributed by atoms with Crippen LogP contribution in [-0.2, 0) is 11.3 Å². The molecule has 0 spiro atoms. The van der Waals surface area contributed by atoms with Crippen LogP contribution in [0.4, 0.5) is 0 Å². The van der Waals surface area contributed by atoms with Crippen molar-refractivity contribution >= 4 is 5.91 Å². The van der Waals surface area contributed by atoms with Gasteiger partial charge in [0.25, 0.3) is 0 Å². The Morgan fingerprint density at radius 3 is 3.00 bits per heavy atom. The average molecular weight is 210 g/mol. The molecule has 0 saturated heterocycles. The Bertz CT molecular complexity index is 284. The number of aromatic amines is 1. The van der Waals surface area contributed by atoms with Gasteiger partial charge in [0.15, 0.2) is 0 Å². The second-order valence-corrected chi connectivity index (χ2v) is 3.53. The summed E-state index contributed by atoms with van der Waals surface area (Å²) >= 11 is 0. The van der Waals surface area contributed by atoms with E-state index in [1.165, 1.54) is 0 Å². The number of aromatic nitrogens is 2. The van der Waals surface area contributed by atoms with Gasteiger partial charge in [0.1, 0.15) is 5.82 Å². The molecule has 0 bridgehead atoms. The van der Waals surface area contributed by atoms with Gasteiger partial charge in [-0.15, -0.1) is 0 Å². The fourth-order valence-corrected chi connectivity index (χ4v) is 1.31. The van der Waals surface area contributed by atoms with Gasteiger partial charge in [-0.25, -0.2) is 4.98 Å². The highest BCUT2D eigenvalue weighted by molar-refractivity contribution is 5.75. The average Bonchev–Trinajstić information content (AvgIpc) is 2.70. The van der Waals surface area contributed by atoms with Crippen molar-refractivity contribution in [3.63, 3.8) is 0 Å². The molecule has 5 heteroatoms. The zero-order chi connectivity index (χ0) is 11.1. The number of nitrogens with zero attached hydrogens (tertiary/aromatic N) is 2. The van der Waals surface area contributed by atoms with Crippen LogP contribution < -0.4 is 5.73 Å². The highest BCUT2D eigenvalue weighted by Gasteiger charge is 2.09. The Balaban J connectivity index is 2.27. The Kier molecular flexibility index (Phi) is 4.83. The first-order valence-electron chi connectivity index (χ1n) is 5.16. The van der Waals surface area contributed by atoms with Crippen molar-refractivity contribution < 1.29 is 4.79 Å². The standard InChI is InChI=1S/C10H18N4O/c1-14(8-9-12-6-7-13-9)10(15)4-2-3-5-11/h6-7H,2-5,8,11H2,1H3,(H,12,13). The lowest BCUT2D eigenvalue weighted by Gasteiger charge is -2.15. The molecule has 0 aliphatic rings. The van der Waals surface area contributed by atoms with Crippen LogP contribution in [0.25, 0.3) is 0 Å². The molecule has 15 heavy (non-hydrogen) atoms. The molecule has 84 valence electrons. The lowest BCUT2D eigenvalue weighted by atomic mass is 10.2. The number of amides is 1. The maximum absolute atomic E-state index is 11.6. The third-order valence-corrected chi connectivity index (χ3v) is 2.21. The molecule has 0 atom stereocenters. The van der Waals surface area contributed by atoms with Crippen molar-refractivity contribution in [3.05, 3.63) is 18.2 Å². The number of nitrogens with one attached hydrogen (secondary N) is 1. The SMILES string of the molecule is CN(Cc1ncc[nH]1)C(=O)CCCCN. The van der Waals surface area contributed by atoms with E-state index in [1.807, 2.05) is 0 Å². The van der Waals surface area contributed by atoms with Gasteiger partial charge in [-0.1, -0.05) is 0 Å². The molecule has 0 saturated carbocycles. The topological polar surface area (TPSA) is 75.0 Å². The van der Waals surface area contributed by atoms with E-state index in [-0.39, 0.29) is 5.91 Å². The normalized spacial score (nSPS) is 10.3. The van der Waals surface area contributed by atoms with Crippen LogP contribution in [0.2, 0.25) is 0 Å². The van der Waals surface area contributed by atoms with Crippen LogP contribution in [-0.4, -0.2) is 34.4 Å². The quantitative estimate of drug-likeness (QED) is 0.671. The Morgan fingerprint density at radius 1 is 1.60 bits per heavy atom. The smallest absolute Gasteiger partial charge is 0.222 e. The van der Waals surface area contributed by atoms with E-state index in [0.29, 0.717) is 19.5 Å². The summed E-state index contributed by atoms with van der Waals surface area (Å²) in [6.45, 7) is 1.18. The van der Waals surface area contributed by atoms with Gasteiger partial charge in [-0.05, 0) is 19.4 Å². The second-order valence-electron chi connectivity index (χ2n) is 3.53. The highest BCUT2D eigenvalue weighted by atomic mass is 16.2. The molecule has 1 aromatic heterocycles. The van der Waals surface area contributed by atoms with E-state index in [9.17, 15) is 4.79 Å². The fraction of sp³-hybridized carbons (Fsp3) is 0.600. The summed E-state index contributed by atoms with van der Waals surface area (Å²) in [6.07, 6.45) is 5.76. The predicted octanol–water partition coefficient (Wildman–Crippen LogP) is 0.497. The van der Waals surface area contributed by atoms with Gasteiger partial charge >= 0.3 is 0 Å². The summed E-state index contributed by atoms with van der Waals surface area (Å²) in [5.74, 6) is 0.949. The minimum atomic E-state index is 0.139. The lowest BCUT2D eigenvalue weighted by Crippen LogP contribution is -2.26. The van der Waals surface area contributed by atoms with Gasteiger partial charge < -0.3 is 15.6 Å². The van der Waals surface area contributed by atoms with E-state index in [0.717, 1.165) is 18.7 Å². The molecule has 0 fully saturated rings. The molecule has 0 aromatic carbocycles. The first kappa shape index (κ1) is 11.7. The number of imidazole rings is 1. The largest absolute Gasteiger partial charge is 0.347 e. The van der Waals surface area contributed by atoms with Gasteiger partial charge in [-0.3, -0.25) is 4.79 Å². The van der Waals surface area contributed by atoms with Gasteiger partial charge in [-0.2, -0.15) is 0 Å². The molecule has 3 N–H and O–H groups in total. The number of nitrogens with two attached hydrogens (primary N) is 1. The summed E-state index contributed by atoms with van der Waals surface area (Å²) in [5.41, 5.74) is 5.36. The van der Waals surface area contributed by atoms with Gasteiger partial charge in [0.2, 0.25) is 5.91 Å². The molecule has 1 rings (SSSR count). The van der Waals surface area contributed by atoms with E-state index in [1.54, 1.807) is 24.3 Å². The Labute approximate surface area is 89.7 Å². The van der Waals surface area contributed by atoms with Crippen LogP contribution >= 0.6 is 0 Å². The van der Waals surface area contributed by atoms with E-state index in [2.05, 4.69) is 9.97 Å². The summed E-state index contributed by atoms with van der Waals surface area (Å²) in [5, 5.41) is 0. The van der Waals surface area contributed by atoms with Gasteiger partial charge in [0.05, 0.1) is 6.54 Å². The fourth-order valence-electron chi connectivity index (χ4n) is 1.31. The number of unbranched alkanes of at least 4 members (excludes halogenated alkanes) is 1. The molecule has 1 amide bonds. The van der Waals surface area contributed by atoms with Crippen LogP contribution in [0.5, 0.6) is 0 Å². The molecular weight excluding hydrogens is 192 g/mol. The predicted molar refractivity (Wildman–Crippen MR) is 58.0 cm³/mol. The van der Waals surface area contributed by atoms with Crippen LogP contribution in [0.15, 0.2) is 12.4 Å².